The highest BCUT2D eigenvalue weighted by Crippen LogP contribution is 2.42. The van der Waals surface area contributed by atoms with Crippen molar-refractivity contribution in [3.63, 3.8) is 0 Å². The molecule has 1 unspecified atom stereocenters. The number of anilines is 4. The Labute approximate surface area is 901 Å². The van der Waals surface area contributed by atoms with Crippen LogP contribution >= 0.6 is 34.2 Å². The van der Waals surface area contributed by atoms with Crippen LogP contribution in [0.1, 0.15) is 260 Å². The molecular weight excluding hydrogens is 2090 g/mol. The zero-order valence-electron chi connectivity index (χ0n) is 93.0. The van der Waals surface area contributed by atoms with E-state index in [0.29, 0.717) is 90.5 Å². The number of halogens is 2. The van der Waals surface area contributed by atoms with Crippen LogP contribution in [0, 0.1) is 45.0 Å². The molecular formula is C104H158ClIN22O21S. The summed E-state index contributed by atoms with van der Waals surface area (Å²) in [4.78, 5) is 150. The summed E-state index contributed by atoms with van der Waals surface area (Å²) < 4.78 is 51.9. The van der Waals surface area contributed by atoms with Crippen LogP contribution in [-0.2, 0) is 129 Å². The number of fused-ring (bicyclic) bond motifs is 5. The first kappa shape index (κ1) is 122. The normalized spacial score (nSPS) is 26.3. The first-order valence-electron chi connectivity index (χ1n) is 51.0. The van der Waals surface area contributed by atoms with Gasteiger partial charge in [0.2, 0.25) is 28.8 Å². The van der Waals surface area contributed by atoms with Crippen molar-refractivity contribution in [2.24, 2.45) is 41.4 Å². The molecule has 0 bridgehead atoms. The molecule has 43 nitrogen and oxygen atoms in total. The number of hydrogen-bond donors (Lipinski definition) is 6. The number of nitrogens with one attached hydrogen (secondary N) is 3. The lowest BCUT2D eigenvalue weighted by atomic mass is 9.95. The molecule has 10 aliphatic rings. The second-order valence-corrected chi connectivity index (χ2v) is 47.9. The van der Waals surface area contributed by atoms with Gasteiger partial charge in [0, 0.05) is 85.3 Å². The Balaban J connectivity index is 0.000000193. The number of carbonyl (C=O) groups is 11. The van der Waals surface area contributed by atoms with Gasteiger partial charge in [0.05, 0.1) is 191 Å². The van der Waals surface area contributed by atoms with E-state index in [0.717, 1.165) is 54.6 Å². The van der Waals surface area contributed by atoms with E-state index in [1.807, 2.05) is 160 Å². The molecule has 46 heteroatoms. The maximum absolute atomic E-state index is 12.8. The van der Waals surface area contributed by atoms with Gasteiger partial charge in [-0.1, -0.05) is 78.8 Å². The fourth-order valence-corrected chi connectivity index (χ4v) is 19.2. The van der Waals surface area contributed by atoms with Crippen molar-refractivity contribution in [2.75, 3.05) is 25.9 Å². The van der Waals surface area contributed by atoms with E-state index >= 15 is 0 Å². The van der Waals surface area contributed by atoms with E-state index in [-0.39, 0.29) is 102 Å². The van der Waals surface area contributed by atoms with E-state index in [2.05, 4.69) is 132 Å². The highest BCUT2D eigenvalue weighted by atomic mass is 127. The molecule has 17 rings (SSSR count). The number of hydrogen-bond acceptors (Lipinski definition) is 30. The Bertz CT molecular complexity index is 5520. The molecule has 21 atom stereocenters. The predicted molar refractivity (Wildman–Crippen MR) is 572 cm³/mol. The Morgan fingerprint density at radius 2 is 0.733 bits per heavy atom. The zero-order chi connectivity index (χ0) is 112. The number of aliphatic hydroxyl groups excluding tert-OH is 3. The van der Waals surface area contributed by atoms with Crippen LogP contribution in [0.2, 0.25) is 0 Å². The zero-order valence-corrected chi connectivity index (χ0v) is 96.7. The van der Waals surface area contributed by atoms with Crippen molar-refractivity contribution in [1.82, 2.24) is 89.5 Å². The Hall–Kier alpha value is -11.1. The van der Waals surface area contributed by atoms with Gasteiger partial charge < -0.3 is 79.3 Å². The van der Waals surface area contributed by atoms with Crippen LogP contribution in [0.4, 0.5) is 46.7 Å². The van der Waals surface area contributed by atoms with Gasteiger partial charge in [-0.05, 0) is 231 Å². The molecule has 1 aromatic carbocycles. The number of rotatable bonds is 6. The summed E-state index contributed by atoms with van der Waals surface area (Å²) in [6.07, 6.45) is 6.85. The second-order valence-electron chi connectivity index (χ2n) is 45.1. The van der Waals surface area contributed by atoms with Gasteiger partial charge in [0.15, 0.2) is 6.10 Å². The summed E-state index contributed by atoms with van der Waals surface area (Å²) in [5.74, 6) is 0.883. The van der Waals surface area contributed by atoms with E-state index in [9.17, 15) is 72.3 Å². The summed E-state index contributed by atoms with van der Waals surface area (Å²) in [5.41, 5.74) is 5.22. The third kappa shape index (κ3) is 31.1. The first-order chi connectivity index (χ1) is 69.5. The highest BCUT2D eigenvalue weighted by Gasteiger charge is 2.51. The number of amides is 8. The molecule has 5 fully saturated rings. The average molecular weight is 2250 g/mol. The number of benzene rings is 1. The van der Waals surface area contributed by atoms with Crippen LogP contribution in [0.15, 0.2) is 84.9 Å². The minimum absolute atomic E-state index is 0.00924. The van der Waals surface area contributed by atoms with E-state index in [1.54, 1.807) is 147 Å². The minimum atomic E-state index is -1.45. The fraction of sp³-hybridized carbons (Fsp3) is 0.654. The SMILES string of the molecule is CC(C)(C)OC(=O)OC(=O)OC(C)(C)C.CS(=O)c1ncccn1.C[C@@H]1C(=O)N(c2cnn3c2CN(C(=O)OC(C)(C)C)[C@@H](C)C3)[C@H](C)[C@H]1O.C[C@@H]1[C@@H](O)[C@H](O)C(=O)N1c1cnn2c1CN(C(=O)OC(C)(C)C)[C@@H](C)C2.C[C@H]1Cn2ncc(I)c2CN1.C[C@H]1[C@H](C)C(=O)N(c2cnn3c2CN(C(=O)OC(C)(C)C)[C@@H](C)C3)[C@@H]1C.C[C@H]1[C@H](C)C(=O)N(c2cnn3c2CN[C@@H](C)C3)[C@@H]1C.C[C@H]1[C@H](C)C(=O)N[C@@H]1C.O=C(Cl)c1ccccc1. The predicted octanol–water partition coefficient (Wildman–Crippen LogP) is 13.6. The summed E-state index contributed by atoms with van der Waals surface area (Å²) in [6, 6.07) is 11.0. The molecule has 0 aliphatic carbocycles. The molecule has 8 amide bonds. The van der Waals surface area contributed by atoms with Crippen LogP contribution in [0.5, 0.6) is 0 Å². The highest BCUT2D eigenvalue weighted by molar-refractivity contribution is 14.1. The topological polar surface area (TPSA) is 495 Å². The number of aromatic nitrogens is 12. The molecule has 7 aromatic rings. The molecule has 16 heterocycles. The van der Waals surface area contributed by atoms with E-state index in [4.69, 9.17) is 35.3 Å². The van der Waals surface area contributed by atoms with Gasteiger partial charge in [0.1, 0.15) is 34.1 Å². The van der Waals surface area contributed by atoms with Gasteiger partial charge in [-0.2, -0.15) is 25.5 Å². The fourth-order valence-electron chi connectivity index (χ4n) is 18.1. The Kier molecular flexibility index (Phi) is 41.3. The molecule has 6 aromatic heterocycles. The lowest BCUT2D eigenvalue weighted by molar-refractivity contribution is -0.126. The molecule has 5 saturated heterocycles. The molecule has 6 N–H and O–H groups in total. The van der Waals surface area contributed by atoms with Gasteiger partial charge in [-0.25, -0.2) is 33.9 Å². The number of aliphatic hydroxyl groups is 3. The van der Waals surface area contributed by atoms with Crippen LogP contribution < -0.4 is 35.6 Å². The molecule has 150 heavy (non-hydrogen) atoms. The molecule has 0 radical (unpaired) electrons. The molecule has 0 saturated carbocycles. The number of carbonyl (C=O) groups excluding carboxylic acids is 11. The maximum Gasteiger partial charge on any atom is 0.519 e. The molecule has 10 aliphatic heterocycles. The quantitative estimate of drug-likeness (QED) is 0.0225. The third-order valence-corrected chi connectivity index (χ3v) is 29.4. The number of ether oxygens (including phenoxy) is 6. The van der Waals surface area contributed by atoms with Gasteiger partial charge in [0.25, 0.3) is 11.1 Å². The molecule has 830 valence electrons. The lowest BCUT2D eigenvalue weighted by Crippen LogP contribution is -2.47. The number of nitrogens with zero attached hydrogens (tertiary/aromatic N) is 19. The Morgan fingerprint density at radius 3 is 1.02 bits per heavy atom. The maximum atomic E-state index is 12.8. The largest absolute Gasteiger partial charge is 0.519 e. The van der Waals surface area contributed by atoms with Crippen molar-refractivity contribution in [1.29, 1.82) is 0 Å². The lowest BCUT2D eigenvalue weighted by Gasteiger charge is -2.36. The van der Waals surface area contributed by atoms with Crippen molar-refractivity contribution < 1.29 is 101 Å². The Morgan fingerprint density at radius 1 is 0.407 bits per heavy atom. The van der Waals surface area contributed by atoms with Gasteiger partial charge in [-0.3, -0.25) is 71.1 Å². The third-order valence-electron chi connectivity index (χ3n) is 27.6. The van der Waals surface area contributed by atoms with Crippen LogP contribution in [0.3, 0.4) is 0 Å². The van der Waals surface area contributed by atoms with Crippen molar-refractivity contribution in [3.8, 4) is 0 Å². The second kappa shape index (κ2) is 50.6. The van der Waals surface area contributed by atoms with E-state index < -0.39 is 98.6 Å². The van der Waals surface area contributed by atoms with Gasteiger partial charge >= 0.3 is 30.6 Å². The minimum Gasteiger partial charge on any atom is -0.444 e. The summed E-state index contributed by atoms with van der Waals surface area (Å²) in [5, 5.41) is 61.7. The average Bonchev–Trinajstić information content (AvgIpc) is 1.62. The van der Waals surface area contributed by atoms with Gasteiger partial charge in [-0.15, -0.1) is 0 Å². The molecule has 0 spiro atoms. The van der Waals surface area contributed by atoms with Crippen LogP contribution in [0.25, 0.3) is 0 Å². The smallest absolute Gasteiger partial charge is 0.444 e. The monoisotopic (exact) mass is 2250 g/mol. The first-order valence-corrected chi connectivity index (χ1v) is 54.1. The summed E-state index contributed by atoms with van der Waals surface area (Å²) >= 11 is 7.49. The van der Waals surface area contributed by atoms with Crippen molar-refractivity contribution in [2.45, 2.75) is 399 Å². The van der Waals surface area contributed by atoms with E-state index in [1.165, 1.54) is 14.2 Å². The summed E-state index contributed by atoms with van der Waals surface area (Å²) in [7, 11) is -1.05. The van der Waals surface area contributed by atoms with Crippen molar-refractivity contribution in [3.05, 3.63) is 117 Å². The summed E-state index contributed by atoms with van der Waals surface area (Å²) in [6.45, 7) is 66.7. The van der Waals surface area contributed by atoms with Crippen LogP contribution in [-0.4, -0.2) is 271 Å². The van der Waals surface area contributed by atoms with Crippen molar-refractivity contribution >= 4 is 133 Å². The standard InChI is InChI=1S/C19H30N4O3.C18H28N4O4.C17H26N4O5.C14H22N4O.C10H18O5.C7H5ClO.C7H10IN3.C7H13NO.C5H6N2OS/c1-11-9-22-16(10-21(11)18(25)26-19(5,6)7)15(8-20-22)23-14(4)12(2)13(3)17(23)24;1-10-8-21-14(9-20(10)17(25)26-18(4,5)6)13(7-19-21)22-12(3)15(23)11(2)16(22)24;1-9-7-20-12(8-19(9)16(25)26-17(3,4)5)11(6-18-20)21-10(2)13(22)14(23)15(21)24;1-8-7-17-12(5-15-8)13(6-16-17)18-11(4)9(2)10(3)14(18)19;1-9(2,3)14-7(11)13-8(12)15-10(4,5)6;8-7(9)6-4-2-1-3-5-6;1-5-4-11-7(3-9-5)6(8)2-10-11;1-4-5(2)7(9)8-6(4)3;1-9(8)5-6-3-2-4-7-5/h8,11-14H,9-10H2,1-7H3;7,10-12,15,23H,8-9H2,1-6H3;6,9-10,13-14,22-23H,7-8H2,1-5H3;6,8-11,15H,5,7H2,1-4H3;1-6H3;1-5H;2,5,9H,3-4H2,1H3;4-6H,1-3H3,(H,8,9);2-4H,1H3/t11-,12-,13-,14+;10-,11-,12+,15-;9-,10+,13+,14-;8-,9-,10-,11+;;;5-;4-,5-,6+;/m0000..00./s1.